The van der Waals surface area contributed by atoms with E-state index in [2.05, 4.69) is 15.4 Å². The molecule has 98 valence electrons. The highest BCUT2D eigenvalue weighted by Crippen LogP contribution is 2.20. The topological polar surface area (TPSA) is 62.5 Å². The lowest BCUT2D eigenvalue weighted by Crippen LogP contribution is -2.35. The number of pyridine rings is 1. The van der Waals surface area contributed by atoms with Crippen LogP contribution in [0.4, 0.5) is 19.1 Å². The van der Waals surface area contributed by atoms with E-state index in [0.717, 1.165) is 5.56 Å². The van der Waals surface area contributed by atoms with Crippen LogP contribution in [0.2, 0.25) is 0 Å². The van der Waals surface area contributed by atoms with Crippen molar-refractivity contribution in [1.29, 1.82) is 0 Å². The molecule has 0 saturated heterocycles. The Labute approximate surface area is 100 Å². The van der Waals surface area contributed by atoms with Crippen LogP contribution in [0.25, 0.3) is 5.65 Å². The summed E-state index contributed by atoms with van der Waals surface area (Å²) >= 11 is 0. The fourth-order valence-corrected chi connectivity index (χ4v) is 1.42. The van der Waals surface area contributed by atoms with Crippen molar-refractivity contribution < 1.29 is 18.3 Å². The molecule has 2 aromatic heterocycles. The van der Waals surface area contributed by atoms with Crippen molar-refractivity contribution in [3.63, 3.8) is 0 Å². The largest absolute Gasteiger partial charge is 0.416 e. The zero-order valence-electron chi connectivity index (χ0n) is 9.44. The molecule has 2 aromatic rings. The van der Waals surface area contributed by atoms with Crippen molar-refractivity contribution in [2.24, 2.45) is 0 Å². The van der Waals surface area contributed by atoms with Gasteiger partial charge >= 0.3 is 6.18 Å². The first kappa shape index (κ1) is 12.6. The van der Waals surface area contributed by atoms with E-state index in [1.165, 1.54) is 4.52 Å². The molecule has 1 atom stereocenters. The molecule has 0 fully saturated rings. The summed E-state index contributed by atoms with van der Waals surface area (Å²) in [5, 5.41) is 15.1. The molecule has 0 aliphatic rings. The van der Waals surface area contributed by atoms with E-state index in [1.54, 1.807) is 12.3 Å². The van der Waals surface area contributed by atoms with Crippen LogP contribution in [-0.2, 0) is 0 Å². The number of hydrogen-bond acceptors (Lipinski definition) is 4. The average Bonchev–Trinajstić information content (AvgIpc) is 2.69. The highest BCUT2D eigenvalue weighted by molar-refractivity contribution is 5.49. The number of aliphatic hydroxyl groups excluding tert-OH is 1. The van der Waals surface area contributed by atoms with Crippen molar-refractivity contribution in [2.45, 2.75) is 19.2 Å². The molecule has 2 N–H and O–H groups in total. The molecule has 0 bridgehead atoms. The number of alkyl halides is 3. The number of halogens is 3. The van der Waals surface area contributed by atoms with Gasteiger partial charge in [0.05, 0.1) is 6.54 Å². The quantitative estimate of drug-likeness (QED) is 0.875. The van der Waals surface area contributed by atoms with Crippen LogP contribution in [0.15, 0.2) is 18.3 Å². The summed E-state index contributed by atoms with van der Waals surface area (Å²) < 4.78 is 37.7. The third-order valence-electron chi connectivity index (χ3n) is 2.39. The van der Waals surface area contributed by atoms with Gasteiger partial charge in [0.15, 0.2) is 11.8 Å². The van der Waals surface area contributed by atoms with Crippen LogP contribution in [0.5, 0.6) is 0 Å². The zero-order valence-corrected chi connectivity index (χ0v) is 9.44. The lowest BCUT2D eigenvalue weighted by molar-refractivity contribution is -0.198. The standard InChI is InChI=1S/C10H11F3N4O/c1-6-3-2-4-17-8(6)15-9(16-17)14-5-7(18)10(11,12)13/h2-4,7,18H,5H2,1H3,(H,14,16). The molecule has 0 aliphatic carbocycles. The monoisotopic (exact) mass is 260 g/mol. The fraction of sp³-hybridized carbons (Fsp3) is 0.400. The third kappa shape index (κ3) is 2.53. The molecular weight excluding hydrogens is 249 g/mol. The fourth-order valence-electron chi connectivity index (χ4n) is 1.42. The molecule has 0 saturated carbocycles. The molecule has 0 radical (unpaired) electrons. The molecule has 0 aromatic carbocycles. The number of fused-ring (bicyclic) bond motifs is 1. The maximum Gasteiger partial charge on any atom is 0.416 e. The number of nitrogens with zero attached hydrogens (tertiary/aromatic N) is 3. The first-order valence-corrected chi connectivity index (χ1v) is 5.18. The van der Waals surface area contributed by atoms with Crippen LogP contribution in [0.3, 0.4) is 0 Å². The van der Waals surface area contributed by atoms with E-state index in [1.807, 2.05) is 13.0 Å². The summed E-state index contributed by atoms with van der Waals surface area (Å²) in [7, 11) is 0. The van der Waals surface area contributed by atoms with Crippen LogP contribution in [-0.4, -0.2) is 38.5 Å². The minimum Gasteiger partial charge on any atom is -0.382 e. The van der Waals surface area contributed by atoms with Gasteiger partial charge in [-0.05, 0) is 18.6 Å². The molecule has 5 nitrogen and oxygen atoms in total. The second-order valence-corrected chi connectivity index (χ2v) is 3.83. The van der Waals surface area contributed by atoms with E-state index in [-0.39, 0.29) is 5.95 Å². The number of aliphatic hydroxyl groups is 1. The van der Waals surface area contributed by atoms with E-state index in [0.29, 0.717) is 5.65 Å². The third-order valence-corrected chi connectivity index (χ3v) is 2.39. The van der Waals surface area contributed by atoms with Crippen LogP contribution in [0, 0.1) is 6.92 Å². The molecule has 1 unspecified atom stereocenters. The molecule has 2 heterocycles. The SMILES string of the molecule is Cc1cccn2nc(NCC(O)C(F)(F)F)nc12. The predicted octanol–water partition coefficient (Wildman–Crippen LogP) is 1.37. The number of rotatable bonds is 3. The Kier molecular flexibility index (Phi) is 3.12. The first-order chi connectivity index (χ1) is 8.38. The highest BCUT2D eigenvalue weighted by Gasteiger charge is 2.38. The van der Waals surface area contributed by atoms with Gasteiger partial charge < -0.3 is 10.4 Å². The molecule has 0 amide bonds. The Morgan fingerprint density at radius 1 is 1.50 bits per heavy atom. The summed E-state index contributed by atoms with van der Waals surface area (Å²) in [5.41, 5.74) is 1.41. The van der Waals surface area contributed by atoms with Gasteiger partial charge in [0.1, 0.15) is 0 Å². The van der Waals surface area contributed by atoms with Gasteiger partial charge in [-0.1, -0.05) is 6.07 Å². The van der Waals surface area contributed by atoms with Gasteiger partial charge in [0, 0.05) is 6.20 Å². The van der Waals surface area contributed by atoms with Gasteiger partial charge in [-0.2, -0.15) is 18.2 Å². The van der Waals surface area contributed by atoms with Gasteiger partial charge in [0.25, 0.3) is 0 Å². The molecule has 18 heavy (non-hydrogen) atoms. The zero-order chi connectivity index (χ0) is 13.3. The number of nitrogens with one attached hydrogen (secondary N) is 1. The van der Waals surface area contributed by atoms with Gasteiger partial charge in [0.2, 0.25) is 5.95 Å². The molecular formula is C10H11F3N4O. The summed E-state index contributed by atoms with van der Waals surface area (Å²) in [6.45, 7) is 1.14. The van der Waals surface area contributed by atoms with E-state index >= 15 is 0 Å². The molecule has 0 spiro atoms. The minimum absolute atomic E-state index is 0.0487. The minimum atomic E-state index is -4.65. The summed E-state index contributed by atoms with van der Waals surface area (Å²) in [5.74, 6) is 0.0487. The average molecular weight is 260 g/mol. The Hall–Kier alpha value is -1.83. The van der Waals surface area contributed by atoms with Gasteiger partial charge in [-0.3, -0.25) is 0 Å². The number of anilines is 1. The van der Waals surface area contributed by atoms with Crippen molar-refractivity contribution in [1.82, 2.24) is 14.6 Å². The van der Waals surface area contributed by atoms with Crippen LogP contribution in [0.1, 0.15) is 5.56 Å². The Morgan fingerprint density at radius 3 is 2.83 bits per heavy atom. The summed E-state index contributed by atoms with van der Waals surface area (Å²) in [6, 6.07) is 3.57. The van der Waals surface area contributed by atoms with Crippen molar-refractivity contribution in [3.8, 4) is 0 Å². The lowest BCUT2D eigenvalue weighted by Gasteiger charge is -2.13. The van der Waals surface area contributed by atoms with Crippen molar-refractivity contribution >= 4 is 11.6 Å². The van der Waals surface area contributed by atoms with Crippen LogP contribution >= 0.6 is 0 Å². The first-order valence-electron chi connectivity index (χ1n) is 5.18. The normalized spacial score (nSPS) is 13.8. The molecule has 0 aliphatic heterocycles. The smallest absolute Gasteiger partial charge is 0.382 e. The summed E-state index contributed by atoms with van der Waals surface area (Å²) in [6.07, 6.45) is -5.45. The number of aromatic nitrogens is 3. The second kappa shape index (κ2) is 4.45. The number of aryl methyl sites for hydroxylation is 1. The number of hydrogen-bond donors (Lipinski definition) is 2. The van der Waals surface area contributed by atoms with E-state index < -0.39 is 18.8 Å². The second-order valence-electron chi connectivity index (χ2n) is 3.83. The Bertz CT molecular complexity index is 552. The Morgan fingerprint density at radius 2 is 2.22 bits per heavy atom. The van der Waals surface area contributed by atoms with Crippen LogP contribution < -0.4 is 5.32 Å². The Balaban J connectivity index is 2.11. The van der Waals surface area contributed by atoms with Crippen molar-refractivity contribution in [3.05, 3.63) is 23.9 Å². The lowest BCUT2D eigenvalue weighted by atomic mass is 10.3. The van der Waals surface area contributed by atoms with Crippen molar-refractivity contribution in [2.75, 3.05) is 11.9 Å². The summed E-state index contributed by atoms with van der Waals surface area (Å²) in [4.78, 5) is 4.03. The predicted molar refractivity (Wildman–Crippen MR) is 58.3 cm³/mol. The maximum absolute atomic E-state index is 12.1. The highest BCUT2D eigenvalue weighted by atomic mass is 19.4. The van der Waals surface area contributed by atoms with Gasteiger partial charge in [-0.15, -0.1) is 5.10 Å². The van der Waals surface area contributed by atoms with Gasteiger partial charge in [-0.25, -0.2) is 4.52 Å². The maximum atomic E-state index is 12.1. The van der Waals surface area contributed by atoms with E-state index in [4.69, 9.17) is 5.11 Å². The van der Waals surface area contributed by atoms with E-state index in [9.17, 15) is 13.2 Å². The molecule has 8 heteroatoms. The molecule has 2 rings (SSSR count).